The second kappa shape index (κ2) is 13.1. The van der Waals surface area contributed by atoms with Crippen LogP contribution in [0.15, 0.2) is 66.0 Å². The Bertz CT molecular complexity index is 1140. The molecule has 1 N–H and O–H groups in total. The van der Waals surface area contributed by atoms with E-state index in [1.54, 1.807) is 18.4 Å². The average molecular weight is 505 g/mol. The molecule has 1 fully saturated rings. The minimum Gasteiger partial charge on any atom is -0.484 e. The van der Waals surface area contributed by atoms with E-state index in [-0.39, 0.29) is 12.7 Å². The lowest BCUT2D eigenvalue weighted by Crippen LogP contribution is -2.45. The number of hydrogen-bond donors (Lipinski definition) is 1. The highest BCUT2D eigenvalue weighted by Crippen LogP contribution is 2.31. The van der Waals surface area contributed by atoms with E-state index in [0.29, 0.717) is 12.0 Å². The van der Waals surface area contributed by atoms with E-state index >= 15 is 0 Å². The highest BCUT2D eigenvalue weighted by atomic mass is 32.1. The number of nitriles is 1. The van der Waals surface area contributed by atoms with Crippen LogP contribution in [0.25, 0.3) is 0 Å². The molecular weight excluding hydrogens is 472 g/mol. The van der Waals surface area contributed by atoms with Crippen molar-refractivity contribution in [2.45, 2.75) is 25.6 Å². The molecule has 1 unspecified atom stereocenters. The van der Waals surface area contributed by atoms with Crippen LogP contribution in [0.5, 0.6) is 5.75 Å². The number of amides is 1. The molecule has 1 aromatic heterocycles. The van der Waals surface area contributed by atoms with Crippen molar-refractivity contribution in [3.63, 3.8) is 0 Å². The minimum absolute atomic E-state index is 0.180. The second-order valence-corrected chi connectivity index (χ2v) is 9.74. The number of benzene rings is 2. The summed E-state index contributed by atoms with van der Waals surface area (Å²) in [4.78, 5) is 17.5. The van der Waals surface area contributed by atoms with Gasteiger partial charge in [-0.1, -0.05) is 36.4 Å². The topological polar surface area (TPSA) is 77.8 Å². The number of carbonyl (C=O) groups excluding carboxylic acids is 1. The molecule has 0 bridgehead atoms. The number of ether oxygens (including phenoxy) is 2. The van der Waals surface area contributed by atoms with Gasteiger partial charge < -0.3 is 14.8 Å². The Morgan fingerprint density at radius 1 is 1.03 bits per heavy atom. The summed E-state index contributed by atoms with van der Waals surface area (Å²) in [5.41, 5.74) is 3.10. The first-order valence-electron chi connectivity index (χ1n) is 12.2. The fourth-order valence-corrected chi connectivity index (χ4v) is 5.05. The van der Waals surface area contributed by atoms with Gasteiger partial charge in [0, 0.05) is 63.2 Å². The van der Waals surface area contributed by atoms with Crippen LogP contribution < -0.4 is 10.1 Å². The zero-order valence-electron chi connectivity index (χ0n) is 20.6. The maximum Gasteiger partial charge on any atom is 0.406 e. The summed E-state index contributed by atoms with van der Waals surface area (Å²) in [6.07, 6.45) is -0.0326. The molecule has 4 rings (SSSR count). The summed E-state index contributed by atoms with van der Waals surface area (Å²) in [6.45, 7) is 5.98. The molecule has 8 heteroatoms. The predicted octanol–water partition coefficient (Wildman–Crippen LogP) is 4.80. The van der Waals surface area contributed by atoms with E-state index in [2.05, 4.69) is 39.4 Å². The van der Waals surface area contributed by atoms with Crippen LogP contribution in [-0.4, -0.2) is 55.7 Å². The first kappa shape index (κ1) is 25.7. The van der Waals surface area contributed by atoms with Crippen molar-refractivity contribution in [3.8, 4) is 11.8 Å². The molecule has 1 amide bonds. The molecule has 0 saturated carbocycles. The van der Waals surface area contributed by atoms with E-state index in [1.165, 1.54) is 5.56 Å². The summed E-state index contributed by atoms with van der Waals surface area (Å²) in [5, 5.41) is 13.5. The number of alkyl carbamates (subject to hydrolysis) is 1. The standard InChI is InChI=1S/C28H32N4O3S/c1-30-28(33)34-17-12-26(27-7-4-18-36-27)35-25-6-3-2-5-24(25)21-32-15-13-31(14-16-32)20-23-10-8-22(19-29)9-11-23/h2-11,18,26H,12-17,20-21H2,1H3,(H,30,33). The number of carbonyl (C=O) groups is 1. The normalized spacial score (nSPS) is 15.1. The fraction of sp³-hybridized carbons (Fsp3) is 0.357. The van der Waals surface area contributed by atoms with Crippen molar-refractivity contribution in [2.24, 2.45) is 0 Å². The van der Waals surface area contributed by atoms with Gasteiger partial charge in [-0.2, -0.15) is 5.26 Å². The van der Waals surface area contributed by atoms with Crippen LogP contribution in [0.2, 0.25) is 0 Å². The van der Waals surface area contributed by atoms with Crippen molar-refractivity contribution < 1.29 is 14.3 Å². The highest BCUT2D eigenvalue weighted by molar-refractivity contribution is 7.10. The third-order valence-electron chi connectivity index (χ3n) is 6.27. The molecule has 1 aliphatic rings. The number of hydrogen-bond acceptors (Lipinski definition) is 7. The lowest BCUT2D eigenvalue weighted by Gasteiger charge is -2.35. The number of rotatable bonds is 10. The summed E-state index contributed by atoms with van der Waals surface area (Å²) >= 11 is 1.65. The van der Waals surface area contributed by atoms with Crippen LogP contribution in [0.3, 0.4) is 0 Å². The monoisotopic (exact) mass is 504 g/mol. The van der Waals surface area contributed by atoms with Gasteiger partial charge in [0.1, 0.15) is 11.9 Å². The van der Waals surface area contributed by atoms with Crippen molar-refractivity contribution in [1.82, 2.24) is 15.1 Å². The van der Waals surface area contributed by atoms with Crippen LogP contribution in [0, 0.1) is 11.3 Å². The quantitative estimate of drug-likeness (QED) is 0.427. The molecule has 188 valence electrons. The molecule has 1 saturated heterocycles. The maximum atomic E-state index is 11.5. The summed E-state index contributed by atoms with van der Waals surface area (Å²) < 4.78 is 11.7. The molecule has 7 nitrogen and oxygen atoms in total. The lowest BCUT2D eigenvalue weighted by atomic mass is 10.1. The largest absolute Gasteiger partial charge is 0.484 e. The Hall–Kier alpha value is -3.38. The second-order valence-electron chi connectivity index (χ2n) is 8.77. The van der Waals surface area contributed by atoms with Crippen molar-refractivity contribution in [2.75, 3.05) is 39.8 Å². The molecule has 0 spiro atoms. The van der Waals surface area contributed by atoms with Crippen molar-refractivity contribution >= 4 is 17.4 Å². The minimum atomic E-state index is -0.432. The van der Waals surface area contributed by atoms with Gasteiger partial charge in [0.25, 0.3) is 0 Å². The Kier molecular flexibility index (Phi) is 9.33. The maximum absolute atomic E-state index is 11.5. The van der Waals surface area contributed by atoms with E-state index in [9.17, 15) is 4.79 Å². The zero-order valence-corrected chi connectivity index (χ0v) is 21.4. The van der Waals surface area contributed by atoms with Gasteiger partial charge in [-0.25, -0.2) is 4.79 Å². The fourth-order valence-electron chi connectivity index (χ4n) is 4.26. The number of thiophene rings is 1. The summed E-state index contributed by atoms with van der Waals surface area (Å²) in [6, 6.07) is 22.3. The molecule has 1 aliphatic heterocycles. The smallest absolute Gasteiger partial charge is 0.406 e. The average Bonchev–Trinajstić information content (AvgIpc) is 3.45. The van der Waals surface area contributed by atoms with E-state index < -0.39 is 6.09 Å². The first-order valence-corrected chi connectivity index (χ1v) is 13.1. The van der Waals surface area contributed by atoms with Gasteiger partial charge in [-0.3, -0.25) is 9.80 Å². The van der Waals surface area contributed by atoms with Gasteiger partial charge in [0.15, 0.2) is 0 Å². The van der Waals surface area contributed by atoms with Crippen LogP contribution in [0.1, 0.15) is 34.1 Å². The third-order valence-corrected chi connectivity index (χ3v) is 7.23. The molecule has 36 heavy (non-hydrogen) atoms. The van der Waals surface area contributed by atoms with Crippen LogP contribution >= 0.6 is 11.3 Å². The molecule has 2 aromatic carbocycles. The SMILES string of the molecule is CNC(=O)OCCC(Oc1ccccc1CN1CCN(Cc2ccc(C#N)cc2)CC1)c1cccs1. The Morgan fingerprint density at radius 3 is 2.42 bits per heavy atom. The van der Waals surface area contributed by atoms with Gasteiger partial charge in [-0.05, 0) is 35.2 Å². The Morgan fingerprint density at radius 2 is 1.75 bits per heavy atom. The van der Waals surface area contributed by atoms with Crippen molar-refractivity contribution in [1.29, 1.82) is 5.26 Å². The molecule has 3 aromatic rings. The third kappa shape index (κ3) is 7.31. The van der Waals surface area contributed by atoms with Crippen LogP contribution in [0.4, 0.5) is 4.79 Å². The molecule has 0 aliphatic carbocycles. The van der Waals surface area contributed by atoms with Gasteiger partial charge in [-0.15, -0.1) is 11.3 Å². The molecule has 2 heterocycles. The lowest BCUT2D eigenvalue weighted by molar-refractivity contribution is 0.112. The molecule has 0 radical (unpaired) electrons. The number of nitrogens with one attached hydrogen (secondary N) is 1. The van der Waals surface area contributed by atoms with Gasteiger partial charge in [0.2, 0.25) is 0 Å². The van der Waals surface area contributed by atoms with E-state index in [4.69, 9.17) is 14.7 Å². The zero-order chi connectivity index (χ0) is 25.2. The van der Waals surface area contributed by atoms with E-state index in [0.717, 1.165) is 55.5 Å². The Labute approximate surface area is 216 Å². The van der Waals surface area contributed by atoms with E-state index in [1.807, 2.05) is 47.8 Å². The van der Waals surface area contributed by atoms with Crippen molar-refractivity contribution in [3.05, 3.63) is 87.6 Å². The predicted molar refractivity (Wildman–Crippen MR) is 141 cm³/mol. The number of para-hydroxylation sites is 1. The first-order chi connectivity index (χ1) is 17.6. The highest BCUT2D eigenvalue weighted by Gasteiger charge is 2.21. The number of piperazine rings is 1. The summed E-state index contributed by atoms with van der Waals surface area (Å²) in [5.74, 6) is 0.871. The molecule has 1 atom stereocenters. The number of nitrogens with zero attached hydrogens (tertiary/aromatic N) is 3. The molecular formula is C28H32N4O3S. The Balaban J connectivity index is 1.33. The van der Waals surface area contributed by atoms with Gasteiger partial charge in [0.05, 0.1) is 18.2 Å². The summed E-state index contributed by atoms with van der Waals surface area (Å²) in [7, 11) is 1.55. The van der Waals surface area contributed by atoms with Crippen LogP contribution in [-0.2, 0) is 17.8 Å². The van der Waals surface area contributed by atoms with Gasteiger partial charge >= 0.3 is 6.09 Å².